The van der Waals surface area contributed by atoms with Crippen LogP contribution in [-0.2, 0) is 17.7 Å². The molecule has 3 rings (SSSR count). The highest BCUT2D eigenvalue weighted by Crippen LogP contribution is 2.26. The maximum Gasteiger partial charge on any atom is 0.262 e. The molecule has 0 fully saturated rings. The van der Waals surface area contributed by atoms with Gasteiger partial charge in [0.15, 0.2) is 0 Å². The van der Waals surface area contributed by atoms with Crippen LogP contribution in [0, 0.1) is 0 Å². The molecule has 8 heteroatoms. The highest BCUT2D eigenvalue weighted by Gasteiger charge is 2.17. The van der Waals surface area contributed by atoms with Crippen LogP contribution < -0.4 is 16.2 Å². The van der Waals surface area contributed by atoms with Crippen LogP contribution in [0.4, 0.5) is 17.5 Å². The molecular formula is C22H29N5O3. The first-order valence-electron chi connectivity index (χ1n) is 9.95. The Bertz CT molecular complexity index is 1070. The van der Waals surface area contributed by atoms with E-state index >= 15 is 0 Å². The summed E-state index contributed by atoms with van der Waals surface area (Å²) in [6.07, 6.45) is 4.23. The van der Waals surface area contributed by atoms with Gasteiger partial charge in [0.05, 0.1) is 18.6 Å². The number of ether oxygens (including phenoxy) is 1. The van der Waals surface area contributed by atoms with Crippen LogP contribution in [0.5, 0.6) is 0 Å². The van der Waals surface area contributed by atoms with Crippen molar-refractivity contribution in [3.8, 4) is 0 Å². The van der Waals surface area contributed by atoms with E-state index in [1.165, 1.54) is 4.57 Å². The molecule has 3 aromatic rings. The zero-order valence-electron chi connectivity index (χ0n) is 17.9. The van der Waals surface area contributed by atoms with Gasteiger partial charge in [0.25, 0.3) is 5.56 Å². The first-order chi connectivity index (χ1) is 14.3. The van der Waals surface area contributed by atoms with Crippen molar-refractivity contribution in [2.45, 2.75) is 39.3 Å². The highest BCUT2D eigenvalue weighted by atomic mass is 16.5. The summed E-state index contributed by atoms with van der Waals surface area (Å²) in [6.45, 7) is 6.80. The van der Waals surface area contributed by atoms with E-state index in [-0.39, 0.29) is 24.2 Å². The van der Waals surface area contributed by atoms with Crippen LogP contribution in [-0.4, -0.2) is 45.5 Å². The number of anilines is 3. The van der Waals surface area contributed by atoms with Crippen LogP contribution in [0.25, 0.3) is 10.8 Å². The summed E-state index contributed by atoms with van der Waals surface area (Å²) in [5, 5.41) is 17.1. The summed E-state index contributed by atoms with van der Waals surface area (Å²) in [4.78, 5) is 22.0. The van der Waals surface area contributed by atoms with Crippen LogP contribution in [0.15, 0.2) is 41.5 Å². The number of methoxy groups -OCH3 is 1. The lowest BCUT2D eigenvalue weighted by molar-refractivity contribution is 0.202. The van der Waals surface area contributed by atoms with Gasteiger partial charge in [0.2, 0.25) is 0 Å². The molecule has 0 amide bonds. The third kappa shape index (κ3) is 5.34. The molecule has 0 bridgehead atoms. The molecule has 0 aliphatic heterocycles. The molecule has 8 nitrogen and oxygen atoms in total. The summed E-state index contributed by atoms with van der Waals surface area (Å²) < 4.78 is 6.64. The smallest absolute Gasteiger partial charge is 0.262 e. The van der Waals surface area contributed by atoms with Gasteiger partial charge >= 0.3 is 0 Å². The van der Waals surface area contributed by atoms with Gasteiger partial charge in [-0.05, 0) is 62.4 Å². The summed E-state index contributed by atoms with van der Waals surface area (Å²) in [5.41, 5.74) is 0.628. The first-order valence-corrected chi connectivity index (χ1v) is 9.95. The number of aliphatic hydroxyl groups is 1. The summed E-state index contributed by atoms with van der Waals surface area (Å²) in [7, 11) is 1.68. The van der Waals surface area contributed by atoms with Crippen molar-refractivity contribution in [1.29, 1.82) is 0 Å². The molecule has 0 saturated carbocycles. The van der Waals surface area contributed by atoms with Crippen LogP contribution in [0.2, 0.25) is 0 Å². The lowest BCUT2D eigenvalue weighted by atomic mass is 10.1. The average molecular weight is 412 g/mol. The zero-order chi connectivity index (χ0) is 21.7. The minimum Gasteiger partial charge on any atom is -0.395 e. The van der Waals surface area contributed by atoms with Crippen molar-refractivity contribution in [3.05, 3.63) is 52.6 Å². The topological polar surface area (TPSA) is 101 Å². The van der Waals surface area contributed by atoms with Gasteiger partial charge in [0.1, 0.15) is 17.5 Å². The number of fused-ring (bicyclic) bond motifs is 1. The summed E-state index contributed by atoms with van der Waals surface area (Å²) in [5.74, 6) is 1.76. The number of aliphatic hydroxyl groups excluding tert-OH is 1. The second-order valence-corrected chi connectivity index (χ2v) is 8.15. The lowest BCUT2D eigenvalue weighted by Gasteiger charge is -2.23. The number of hydrogen-bond donors (Lipinski definition) is 3. The number of aromatic nitrogens is 3. The van der Waals surface area contributed by atoms with Crippen LogP contribution >= 0.6 is 0 Å². The Morgan fingerprint density at radius 1 is 1.20 bits per heavy atom. The average Bonchev–Trinajstić information content (AvgIpc) is 2.67. The SMILES string of the molecule is COCCc1ccnc(Nc2cc3ccn(CCO)c(=O)c3c(NC(C)(C)C)n2)c1. The van der Waals surface area contributed by atoms with E-state index in [1.54, 1.807) is 19.5 Å². The van der Waals surface area contributed by atoms with Crippen molar-refractivity contribution in [2.24, 2.45) is 0 Å². The van der Waals surface area contributed by atoms with Crippen molar-refractivity contribution in [2.75, 3.05) is 31.0 Å². The number of nitrogens with one attached hydrogen (secondary N) is 2. The fourth-order valence-electron chi connectivity index (χ4n) is 3.15. The first kappa shape index (κ1) is 21.7. The van der Waals surface area contributed by atoms with Gasteiger partial charge in [-0.3, -0.25) is 4.79 Å². The molecule has 3 heterocycles. The van der Waals surface area contributed by atoms with Crippen molar-refractivity contribution in [3.63, 3.8) is 0 Å². The van der Waals surface area contributed by atoms with Gasteiger partial charge in [-0.2, -0.15) is 0 Å². The Kier molecular flexibility index (Phi) is 6.69. The Morgan fingerprint density at radius 3 is 2.70 bits per heavy atom. The highest BCUT2D eigenvalue weighted by molar-refractivity contribution is 5.93. The van der Waals surface area contributed by atoms with Crippen molar-refractivity contribution >= 4 is 28.2 Å². The van der Waals surface area contributed by atoms with Gasteiger partial charge in [-0.1, -0.05) is 0 Å². The third-order valence-electron chi connectivity index (χ3n) is 4.47. The van der Waals surface area contributed by atoms with Crippen LogP contribution in [0.1, 0.15) is 26.3 Å². The minimum atomic E-state index is -0.291. The molecule has 3 aromatic heterocycles. The predicted octanol–water partition coefficient (Wildman–Crippen LogP) is 2.93. The third-order valence-corrected chi connectivity index (χ3v) is 4.47. The normalized spacial score (nSPS) is 11.6. The van der Waals surface area contributed by atoms with Gasteiger partial charge in [-0.25, -0.2) is 9.97 Å². The second-order valence-electron chi connectivity index (χ2n) is 8.15. The Morgan fingerprint density at radius 2 is 2.00 bits per heavy atom. The molecule has 0 aromatic carbocycles. The number of rotatable bonds is 8. The fourth-order valence-corrected chi connectivity index (χ4v) is 3.15. The molecule has 3 N–H and O–H groups in total. The standard InChI is InChI=1S/C22H29N5O3/c1-22(2,3)26-20-19-16(6-9-27(10-11-28)21(19)29)14-18(25-20)24-17-13-15(5-8-23-17)7-12-30-4/h5-6,8-9,13-14,28H,7,10-12H2,1-4H3,(H2,23,24,25,26). The van der Waals surface area contributed by atoms with E-state index in [0.717, 1.165) is 17.4 Å². The molecule has 30 heavy (non-hydrogen) atoms. The number of hydrogen-bond acceptors (Lipinski definition) is 7. The lowest BCUT2D eigenvalue weighted by Crippen LogP contribution is -2.29. The molecule has 0 spiro atoms. The number of pyridine rings is 3. The zero-order valence-corrected chi connectivity index (χ0v) is 17.9. The summed E-state index contributed by atoms with van der Waals surface area (Å²) >= 11 is 0. The monoisotopic (exact) mass is 411 g/mol. The number of nitrogens with zero attached hydrogens (tertiary/aromatic N) is 3. The maximum atomic E-state index is 13.0. The van der Waals surface area contributed by atoms with Gasteiger partial charge < -0.3 is 25.0 Å². The molecule has 0 unspecified atom stereocenters. The van der Waals surface area contributed by atoms with Crippen molar-refractivity contribution < 1.29 is 9.84 Å². The Hall–Kier alpha value is -2.97. The van der Waals surface area contributed by atoms with Crippen molar-refractivity contribution in [1.82, 2.24) is 14.5 Å². The minimum absolute atomic E-state index is 0.106. The van der Waals surface area contributed by atoms with E-state index in [2.05, 4.69) is 20.6 Å². The van der Waals surface area contributed by atoms with E-state index in [1.807, 2.05) is 45.0 Å². The van der Waals surface area contributed by atoms with Gasteiger partial charge in [-0.15, -0.1) is 0 Å². The fraction of sp³-hybridized carbons (Fsp3) is 0.409. The van der Waals surface area contributed by atoms with Gasteiger partial charge in [0, 0.05) is 31.6 Å². The predicted molar refractivity (Wildman–Crippen MR) is 120 cm³/mol. The molecule has 0 atom stereocenters. The van der Waals surface area contributed by atoms with E-state index in [4.69, 9.17) is 4.74 Å². The second kappa shape index (κ2) is 9.23. The molecule has 160 valence electrons. The van der Waals surface area contributed by atoms with E-state index in [9.17, 15) is 9.90 Å². The Balaban J connectivity index is 2.04. The van der Waals surface area contributed by atoms with E-state index in [0.29, 0.717) is 29.4 Å². The Labute approximate surface area is 175 Å². The largest absolute Gasteiger partial charge is 0.395 e. The maximum absolute atomic E-state index is 13.0. The summed E-state index contributed by atoms with van der Waals surface area (Å²) in [6, 6.07) is 7.60. The molecule has 0 radical (unpaired) electrons. The molecular weight excluding hydrogens is 382 g/mol. The van der Waals surface area contributed by atoms with E-state index < -0.39 is 0 Å². The molecule has 0 aliphatic rings. The molecule has 0 saturated heterocycles. The quantitative estimate of drug-likeness (QED) is 0.524. The van der Waals surface area contributed by atoms with Crippen LogP contribution in [0.3, 0.4) is 0 Å². The molecule has 0 aliphatic carbocycles.